The molecular weight excluding hydrogens is 437 g/mol. The Kier molecular flexibility index (Phi) is 6.59. The summed E-state index contributed by atoms with van der Waals surface area (Å²) in [7, 11) is 0. The molecule has 0 atom stereocenters. The van der Waals surface area contributed by atoms with E-state index in [4.69, 9.17) is 27.6 Å². The number of carbonyl (C=O) groups excluding carboxylic acids is 2. The summed E-state index contributed by atoms with van der Waals surface area (Å²) < 4.78 is 5.77. The zero-order valence-electron chi connectivity index (χ0n) is 16.8. The monoisotopic (exact) mass is 457 g/mol. The highest BCUT2D eigenvalue weighted by Crippen LogP contribution is 2.28. The van der Waals surface area contributed by atoms with Gasteiger partial charge in [-0.05, 0) is 36.4 Å². The molecule has 0 saturated carbocycles. The Morgan fingerprint density at radius 1 is 0.935 bits per heavy atom. The summed E-state index contributed by atoms with van der Waals surface area (Å²) in [6.45, 7) is 2.02. The molecule has 1 saturated heterocycles. The third-order valence-electron chi connectivity index (χ3n) is 5.26. The van der Waals surface area contributed by atoms with Crippen LogP contribution in [-0.4, -0.2) is 52.8 Å². The van der Waals surface area contributed by atoms with Gasteiger partial charge >= 0.3 is 0 Å². The zero-order valence-corrected chi connectivity index (χ0v) is 18.3. The van der Waals surface area contributed by atoms with Crippen LogP contribution in [0.25, 0.3) is 11.3 Å². The van der Waals surface area contributed by atoms with Crippen LogP contribution < -0.4 is 0 Å². The number of aryl methyl sites for hydroxylation is 1. The lowest BCUT2D eigenvalue weighted by Gasteiger charge is -2.34. The minimum atomic E-state index is -0.0457. The van der Waals surface area contributed by atoms with Crippen molar-refractivity contribution in [2.24, 2.45) is 0 Å². The van der Waals surface area contributed by atoms with Gasteiger partial charge in [0.25, 0.3) is 5.91 Å². The number of hydrogen-bond donors (Lipinski definition) is 0. The number of rotatable bonds is 5. The van der Waals surface area contributed by atoms with Gasteiger partial charge in [-0.3, -0.25) is 9.59 Å². The molecule has 0 bridgehead atoms. The molecule has 0 spiro atoms. The lowest BCUT2D eigenvalue weighted by atomic mass is 10.1. The molecule has 160 valence electrons. The molecule has 1 aliphatic rings. The van der Waals surface area contributed by atoms with Crippen LogP contribution in [0.4, 0.5) is 0 Å². The minimum absolute atomic E-state index is 0.0242. The predicted molar refractivity (Wildman–Crippen MR) is 119 cm³/mol. The first-order valence-electron chi connectivity index (χ1n) is 10.0. The van der Waals surface area contributed by atoms with Crippen LogP contribution in [0.1, 0.15) is 22.7 Å². The molecule has 0 radical (unpaired) electrons. The van der Waals surface area contributed by atoms with Crippen LogP contribution >= 0.6 is 23.2 Å². The van der Waals surface area contributed by atoms with Crippen LogP contribution in [0.5, 0.6) is 0 Å². The molecule has 1 aliphatic heterocycles. The molecule has 2 heterocycles. The fraction of sp³-hybridized carbons (Fsp3) is 0.261. The highest BCUT2D eigenvalue weighted by atomic mass is 35.5. The maximum atomic E-state index is 12.6. The van der Waals surface area contributed by atoms with Gasteiger partial charge < -0.3 is 14.2 Å². The Morgan fingerprint density at radius 3 is 2.32 bits per heavy atom. The fourth-order valence-electron chi connectivity index (χ4n) is 3.52. The first-order valence-corrected chi connectivity index (χ1v) is 10.8. The summed E-state index contributed by atoms with van der Waals surface area (Å²) >= 11 is 12.1. The average molecular weight is 458 g/mol. The number of piperazine rings is 1. The Hall–Kier alpha value is -2.83. The summed E-state index contributed by atoms with van der Waals surface area (Å²) in [6.07, 6.45) is 2.34. The van der Waals surface area contributed by atoms with Gasteiger partial charge in [0.05, 0.1) is 11.2 Å². The molecule has 3 aromatic rings. The van der Waals surface area contributed by atoms with E-state index in [0.29, 0.717) is 66.3 Å². The third kappa shape index (κ3) is 5.09. The topological polar surface area (TPSA) is 66.7 Å². The molecule has 0 N–H and O–H groups in total. The van der Waals surface area contributed by atoms with Crippen molar-refractivity contribution in [3.63, 3.8) is 0 Å². The van der Waals surface area contributed by atoms with Gasteiger partial charge in [0.2, 0.25) is 5.91 Å². The van der Waals surface area contributed by atoms with E-state index in [-0.39, 0.29) is 11.8 Å². The van der Waals surface area contributed by atoms with Crippen LogP contribution in [0.2, 0.25) is 10.0 Å². The number of aromatic nitrogens is 1. The average Bonchev–Trinajstić information content (AvgIpc) is 3.27. The second-order valence-corrected chi connectivity index (χ2v) is 8.12. The molecule has 0 aliphatic carbocycles. The second-order valence-electron chi connectivity index (χ2n) is 7.28. The molecular formula is C23H21Cl2N3O3. The van der Waals surface area contributed by atoms with Crippen molar-refractivity contribution in [2.45, 2.75) is 12.8 Å². The molecule has 31 heavy (non-hydrogen) atoms. The molecule has 0 unspecified atom stereocenters. The van der Waals surface area contributed by atoms with Gasteiger partial charge in [-0.25, -0.2) is 4.98 Å². The number of oxazole rings is 1. The van der Waals surface area contributed by atoms with E-state index in [1.807, 2.05) is 18.2 Å². The van der Waals surface area contributed by atoms with Gasteiger partial charge in [0, 0.05) is 55.2 Å². The van der Waals surface area contributed by atoms with Crippen molar-refractivity contribution < 1.29 is 14.0 Å². The van der Waals surface area contributed by atoms with Crippen molar-refractivity contribution in [2.75, 3.05) is 26.2 Å². The number of amides is 2. The molecule has 8 heteroatoms. The van der Waals surface area contributed by atoms with Gasteiger partial charge in [0.15, 0.2) is 11.7 Å². The van der Waals surface area contributed by atoms with E-state index in [1.165, 1.54) is 0 Å². The number of halogens is 2. The molecule has 1 aromatic heterocycles. The summed E-state index contributed by atoms with van der Waals surface area (Å²) in [5.74, 6) is 1.06. The van der Waals surface area contributed by atoms with E-state index < -0.39 is 0 Å². The lowest BCUT2D eigenvalue weighted by Crippen LogP contribution is -2.50. The van der Waals surface area contributed by atoms with E-state index >= 15 is 0 Å². The Labute approximate surface area is 190 Å². The van der Waals surface area contributed by atoms with Crippen molar-refractivity contribution in [3.05, 3.63) is 76.2 Å². The fourth-order valence-corrected chi connectivity index (χ4v) is 3.87. The van der Waals surface area contributed by atoms with Gasteiger partial charge in [-0.2, -0.15) is 0 Å². The summed E-state index contributed by atoms with van der Waals surface area (Å²) in [5, 5.41) is 1.18. The molecule has 2 aromatic carbocycles. The Balaban J connectivity index is 1.27. The molecule has 4 rings (SSSR count). The number of benzene rings is 2. The van der Waals surface area contributed by atoms with Gasteiger partial charge in [-0.15, -0.1) is 0 Å². The summed E-state index contributed by atoms with van der Waals surface area (Å²) in [5.41, 5.74) is 1.37. The highest BCUT2D eigenvalue weighted by molar-refractivity contribution is 6.33. The number of nitrogens with zero attached hydrogens (tertiary/aromatic N) is 3. The minimum Gasteiger partial charge on any atom is -0.441 e. The van der Waals surface area contributed by atoms with Gasteiger partial charge in [0.1, 0.15) is 0 Å². The predicted octanol–water partition coefficient (Wildman–Crippen LogP) is 4.57. The van der Waals surface area contributed by atoms with E-state index in [1.54, 1.807) is 46.3 Å². The standard InChI is InChI=1S/C23H21Cl2N3O3/c24-17-7-5-16(6-8-17)23(30)28-13-11-27(12-14-28)22(29)10-9-21-26-15-20(31-21)18-3-1-2-4-19(18)25/h1-8,15H,9-14H2. The lowest BCUT2D eigenvalue weighted by molar-refractivity contribution is -0.132. The molecule has 2 amide bonds. The van der Waals surface area contributed by atoms with E-state index in [0.717, 1.165) is 5.56 Å². The number of carbonyl (C=O) groups is 2. The Morgan fingerprint density at radius 2 is 1.61 bits per heavy atom. The largest absolute Gasteiger partial charge is 0.441 e. The second kappa shape index (κ2) is 9.54. The maximum Gasteiger partial charge on any atom is 0.253 e. The van der Waals surface area contributed by atoms with Crippen LogP contribution in [0.15, 0.2) is 59.1 Å². The van der Waals surface area contributed by atoms with Crippen molar-refractivity contribution in [1.82, 2.24) is 14.8 Å². The van der Waals surface area contributed by atoms with Crippen molar-refractivity contribution >= 4 is 35.0 Å². The normalized spacial score (nSPS) is 14.0. The van der Waals surface area contributed by atoms with Crippen LogP contribution in [0.3, 0.4) is 0 Å². The summed E-state index contributed by atoms with van der Waals surface area (Å²) in [4.78, 5) is 33.0. The quantitative estimate of drug-likeness (QED) is 0.562. The smallest absolute Gasteiger partial charge is 0.253 e. The first kappa shape index (κ1) is 21.4. The SMILES string of the molecule is O=C(CCc1ncc(-c2ccccc2Cl)o1)N1CCN(C(=O)c2ccc(Cl)cc2)CC1. The number of hydrogen-bond acceptors (Lipinski definition) is 4. The Bertz CT molecular complexity index is 1070. The van der Waals surface area contributed by atoms with Gasteiger partial charge in [-0.1, -0.05) is 35.3 Å². The summed E-state index contributed by atoms with van der Waals surface area (Å²) in [6, 6.07) is 14.2. The highest BCUT2D eigenvalue weighted by Gasteiger charge is 2.25. The first-order chi connectivity index (χ1) is 15.0. The molecule has 6 nitrogen and oxygen atoms in total. The van der Waals surface area contributed by atoms with Crippen LogP contribution in [-0.2, 0) is 11.2 Å². The molecule has 1 fully saturated rings. The van der Waals surface area contributed by atoms with E-state index in [9.17, 15) is 9.59 Å². The van der Waals surface area contributed by atoms with Crippen LogP contribution in [0, 0.1) is 0 Å². The maximum absolute atomic E-state index is 12.6. The van der Waals surface area contributed by atoms with E-state index in [2.05, 4.69) is 4.98 Å². The zero-order chi connectivity index (χ0) is 21.8. The van der Waals surface area contributed by atoms with Crippen molar-refractivity contribution in [1.29, 1.82) is 0 Å². The van der Waals surface area contributed by atoms with Crippen molar-refractivity contribution in [3.8, 4) is 11.3 Å². The third-order valence-corrected chi connectivity index (χ3v) is 5.84.